The number of fused-ring (bicyclic) bond motifs is 2. The largest absolute Gasteiger partial charge is 0.490 e. The van der Waals surface area contributed by atoms with Crippen LogP contribution >= 0.6 is 0 Å². The Morgan fingerprint density at radius 3 is 2.45 bits per heavy atom. The molecule has 2 heterocycles. The molecule has 0 saturated carbocycles. The van der Waals surface area contributed by atoms with Gasteiger partial charge in [0.05, 0.1) is 0 Å². The Bertz CT molecular complexity index is 456. The summed E-state index contributed by atoms with van der Waals surface area (Å²) in [6.45, 7) is 6.65. The first kappa shape index (κ1) is 13.9. The zero-order valence-corrected chi connectivity index (χ0v) is 13.0. The molecule has 3 rings (SSSR count). The molecule has 2 aliphatic heterocycles. The summed E-state index contributed by atoms with van der Waals surface area (Å²) in [5, 5.41) is 3.73. The molecule has 2 heteroatoms. The predicted molar refractivity (Wildman–Crippen MR) is 83.5 cm³/mol. The van der Waals surface area contributed by atoms with Crippen molar-refractivity contribution in [1.82, 2.24) is 5.32 Å². The van der Waals surface area contributed by atoms with Crippen molar-refractivity contribution in [3.63, 3.8) is 0 Å². The maximum Gasteiger partial charge on any atom is 0.120 e. The zero-order chi connectivity index (χ0) is 14.1. The predicted octanol–water partition coefficient (Wildman–Crippen LogP) is 4.17. The van der Waals surface area contributed by atoms with Gasteiger partial charge in [-0.2, -0.15) is 0 Å². The second kappa shape index (κ2) is 5.77. The molecular formula is C18H27NO. The van der Waals surface area contributed by atoms with Crippen LogP contribution in [-0.2, 0) is 0 Å². The van der Waals surface area contributed by atoms with E-state index in [2.05, 4.69) is 44.3 Å². The maximum absolute atomic E-state index is 6.32. The molecule has 2 bridgehead atoms. The summed E-state index contributed by atoms with van der Waals surface area (Å²) in [5.74, 6) is 1.63. The first-order valence-electron chi connectivity index (χ1n) is 8.14. The Kier molecular flexibility index (Phi) is 4.02. The number of ether oxygens (including phenoxy) is 1. The molecule has 0 radical (unpaired) electrons. The molecule has 1 N–H and O–H groups in total. The van der Waals surface area contributed by atoms with E-state index >= 15 is 0 Å². The molecule has 2 nitrogen and oxygen atoms in total. The van der Waals surface area contributed by atoms with Crippen LogP contribution in [-0.4, -0.2) is 18.2 Å². The fourth-order valence-electron chi connectivity index (χ4n) is 3.68. The number of nitrogens with one attached hydrogen (secondary N) is 1. The lowest BCUT2D eigenvalue weighted by atomic mass is 9.85. The number of rotatable bonds is 3. The molecule has 2 fully saturated rings. The van der Waals surface area contributed by atoms with Gasteiger partial charge in [0.15, 0.2) is 0 Å². The standard InChI is InChI=1S/C18H27NO/c1-12(2)14-7-13(3)8-17(9-14)20-18-10-15-5-4-6-16(11-18)19-15/h7-9,12,15-16,18-19H,4-6,10-11H2,1-3H3/t15-,16+,18-. The van der Waals surface area contributed by atoms with Crippen molar-refractivity contribution in [3.8, 4) is 5.75 Å². The smallest absolute Gasteiger partial charge is 0.120 e. The quantitative estimate of drug-likeness (QED) is 0.892. The Hall–Kier alpha value is -1.02. The molecule has 20 heavy (non-hydrogen) atoms. The second-order valence-corrected chi connectivity index (χ2v) is 6.94. The normalized spacial score (nSPS) is 29.5. The molecule has 2 saturated heterocycles. The summed E-state index contributed by atoms with van der Waals surface area (Å²) in [7, 11) is 0. The van der Waals surface area contributed by atoms with Crippen molar-refractivity contribution in [2.75, 3.05) is 0 Å². The van der Waals surface area contributed by atoms with Crippen LogP contribution in [0, 0.1) is 6.92 Å². The van der Waals surface area contributed by atoms with Gasteiger partial charge >= 0.3 is 0 Å². The van der Waals surface area contributed by atoms with E-state index in [1.54, 1.807) is 0 Å². The van der Waals surface area contributed by atoms with Gasteiger partial charge in [-0.05, 0) is 61.8 Å². The van der Waals surface area contributed by atoms with Crippen molar-refractivity contribution < 1.29 is 4.74 Å². The highest BCUT2D eigenvalue weighted by atomic mass is 16.5. The summed E-state index contributed by atoms with van der Waals surface area (Å²) in [6.07, 6.45) is 6.76. The fraction of sp³-hybridized carbons (Fsp3) is 0.667. The summed E-state index contributed by atoms with van der Waals surface area (Å²) in [5.41, 5.74) is 2.69. The second-order valence-electron chi connectivity index (χ2n) is 6.94. The van der Waals surface area contributed by atoms with Gasteiger partial charge in [0.1, 0.15) is 11.9 Å². The maximum atomic E-state index is 6.32. The zero-order valence-electron chi connectivity index (χ0n) is 13.0. The minimum absolute atomic E-state index is 0.397. The number of hydrogen-bond acceptors (Lipinski definition) is 2. The minimum Gasteiger partial charge on any atom is -0.490 e. The van der Waals surface area contributed by atoms with Crippen LogP contribution in [0.5, 0.6) is 5.75 Å². The Morgan fingerprint density at radius 1 is 1.10 bits per heavy atom. The van der Waals surface area contributed by atoms with E-state index in [1.165, 1.54) is 43.2 Å². The van der Waals surface area contributed by atoms with Crippen molar-refractivity contribution in [1.29, 1.82) is 0 Å². The van der Waals surface area contributed by atoms with Gasteiger partial charge in [0, 0.05) is 12.1 Å². The van der Waals surface area contributed by atoms with Crippen LogP contribution in [0.2, 0.25) is 0 Å². The van der Waals surface area contributed by atoms with Crippen LogP contribution in [0.15, 0.2) is 18.2 Å². The minimum atomic E-state index is 0.397. The molecule has 3 atom stereocenters. The van der Waals surface area contributed by atoms with Gasteiger partial charge in [-0.15, -0.1) is 0 Å². The molecular weight excluding hydrogens is 246 g/mol. The van der Waals surface area contributed by atoms with Crippen molar-refractivity contribution in [3.05, 3.63) is 29.3 Å². The first-order valence-corrected chi connectivity index (χ1v) is 8.14. The number of piperidine rings is 2. The highest BCUT2D eigenvalue weighted by molar-refractivity contribution is 5.35. The number of benzene rings is 1. The fourth-order valence-corrected chi connectivity index (χ4v) is 3.68. The molecule has 0 aliphatic carbocycles. The lowest BCUT2D eigenvalue weighted by Gasteiger charge is -2.40. The van der Waals surface area contributed by atoms with E-state index in [0.717, 1.165) is 5.75 Å². The van der Waals surface area contributed by atoms with Crippen molar-refractivity contribution in [2.24, 2.45) is 0 Å². The summed E-state index contributed by atoms with van der Waals surface area (Å²) >= 11 is 0. The molecule has 0 amide bonds. The average molecular weight is 273 g/mol. The third-order valence-corrected chi connectivity index (χ3v) is 4.71. The molecule has 110 valence electrons. The SMILES string of the molecule is Cc1cc(O[C@@H]2C[C@H]3CCC[C@@H](C2)N3)cc(C(C)C)c1. The Labute approximate surface area is 122 Å². The van der Waals surface area contributed by atoms with Crippen LogP contribution in [0.4, 0.5) is 0 Å². The lowest BCUT2D eigenvalue weighted by Crippen LogP contribution is -2.51. The van der Waals surface area contributed by atoms with E-state index in [0.29, 0.717) is 24.1 Å². The number of hydrogen-bond donors (Lipinski definition) is 1. The topological polar surface area (TPSA) is 21.3 Å². The van der Waals surface area contributed by atoms with E-state index in [-0.39, 0.29) is 0 Å². The summed E-state index contributed by atoms with van der Waals surface area (Å²) < 4.78 is 6.32. The lowest BCUT2D eigenvalue weighted by molar-refractivity contribution is 0.0926. The van der Waals surface area contributed by atoms with Crippen LogP contribution in [0.1, 0.15) is 63.0 Å². The van der Waals surface area contributed by atoms with Crippen LogP contribution in [0.3, 0.4) is 0 Å². The van der Waals surface area contributed by atoms with Crippen LogP contribution in [0.25, 0.3) is 0 Å². The van der Waals surface area contributed by atoms with Crippen LogP contribution < -0.4 is 10.1 Å². The first-order chi connectivity index (χ1) is 9.60. The monoisotopic (exact) mass is 273 g/mol. The van der Waals surface area contributed by atoms with Crippen molar-refractivity contribution >= 4 is 0 Å². The van der Waals surface area contributed by atoms with Gasteiger partial charge in [-0.25, -0.2) is 0 Å². The molecule has 0 aromatic heterocycles. The van der Waals surface area contributed by atoms with Crippen molar-refractivity contribution in [2.45, 2.75) is 77.0 Å². The van der Waals surface area contributed by atoms with Gasteiger partial charge in [0.25, 0.3) is 0 Å². The van der Waals surface area contributed by atoms with E-state index in [1.807, 2.05) is 0 Å². The molecule has 1 aromatic rings. The average Bonchev–Trinajstić information content (AvgIpc) is 2.37. The highest BCUT2D eigenvalue weighted by Crippen LogP contribution is 2.30. The number of aryl methyl sites for hydroxylation is 1. The van der Waals surface area contributed by atoms with Gasteiger partial charge in [0.2, 0.25) is 0 Å². The van der Waals surface area contributed by atoms with E-state index in [9.17, 15) is 0 Å². The molecule has 0 unspecified atom stereocenters. The summed E-state index contributed by atoms with van der Waals surface area (Å²) in [4.78, 5) is 0. The molecule has 0 spiro atoms. The Balaban J connectivity index is 1.71. The van der Waals surface area contributed by atoms with E-state index < -0.39 is 0 Å². The molecule has 1 aromatic carbocycles. The third-order valence-electron chi connectivity index (χ3n) is 4.71. The van der Waals surface area contributed by atoms with Gasteiger partial charge < -0.3 is 10.1 Å². The van der Waals surface area contributed by atoms with Gasteiger partial charge in [-0.3, -0.25) is 0 Å². The Morgan fingerprint density at radius 2 is 1.80 bits per heavy atom. The summed E-state index contributed by atoms with van der Waals surface area (Å²) in [6, 6.07) is 8.05. The van der Waals surface area contributed by atoms with Gasteiger partial charge in [-0.1, -0.05) is 26.3 Å². The molecule has 2 aliphatic rings. The third kappa shape index (κ3) is 3.17. The van der Waals surface area contributed by atoms with E-state index in [4.69, 9.17) is 4.74 Å². The highest BCUT2D eigenvalue weighted by Gasteiger charge is 2.32.